The molecule has 0 amide bonds. The quantitative estimate of drug-likeness (QED) is 0.399. The molecule has 0 unspecified atom stereocenters. The van der Waals surface area contributed by atoms with Crippen molar-refractivity contribution in [2.45, 2.75) is 36.7 Å². The zero-order valence-corrected chi connectivity index (χ0v) is 23.1. The van der Waals surface area contributed by atoms with Crippen LogP contribution in [0, 0.1) is 0 Å². The van der Waals surface area contributed by atoms with E-state index >= 15 is 0 Å². The first-order chi connectivity index (χ1) is 18.3. The van der Waals surface area contributed by atoms with Crippen LogP contribution >= 0.6 is 23.4 Å². The molecule has 2 aliphatic rings. The van der Waals surface area contributed by atoms with Crippen molar-refractivity contribution in [1.29, 1.82) is 0 Å². The highest BCUT2D eigenvalue weighted by atomic mass is 35.5. The lowest BCUT2D eigenvalue weighted by Gasteiger charge is -2.35. The molecule has 3 aromatic rings. The summed E-state index contributed by atoms with van der Waals surface area (Å²) < 4.78 is 35.0. The molecule has 1 aliphatic heterocycles. The number of aromatic nitrogens is 2. The standard InChI is InChI=1S/C26H29ClN4O5S2/c27-19-4-3-5-20(16-19)31-26(33)25(36-22-6-1-2-7-22)24(17-28-31)29-12-14-30(15-13-29)38(34,35)18-37-23-10-8-21(32)9-11-23/h3-5,8-11,16-17,22,32H,1-2,6-7,12-15,18H2. The Morgan fingerprint density at radius 1 is 1.05 bits per heavy atom. The number of rotatable bonds is 8. The summed E-state index contributed by atoms with van der Waals surface area (Å²) >= 11 is 7.36. The van der Waals surface area contributed by atoms with Crippen LogP contribution in [0.15, 0.2) is 64.4 Å². The van der Waals surface area contributed by atoms with Crippen molar-refractivity contribution in [3.8, 4) is 17.2 Å². The summed E-state index contributed by atoms with van der Waals surface area (Å²) in [4.78, 5) is 16.3. The number of aromatic hydroxyl groups is 1. The second-order valence-corrected chi connectivity index (χ2v) is 13.2. The molecule has 0 spiro atoms. The maximum Gasteiger partial charge on any atom is 0.316 e. The lowest BCUT2D eigenvalue weighted by atomic mass is 10.2. The normalized spacial score (nSPS) is 17.1. The van der Waals surface area contributed by atoms with Crippen molar-refractivity contribution in [3.63, 3.8) is 0 Å². The molecule has 1 aromatic heterocycles. The van der Waals surface area contributed by atoms with Gasteiger partial charge in [-0.05, 0) is 68.1 Å². The Labute approximate surface area is 231 Å². The van der Waals surface area contributed by atoms with Crippen LogP contribution in [0.25, 0.3) is 5.69 Å². The Bertz CT molecular complexity index is 1430. The predicted octanol–water partition coefficient (Wildman–Crippen LogP) is 4.11. The van der Waals surface area contributed by atoms with Gasteiger partial charge in [0.25, 0.3) is 0 Å². The summed E-state index contributed by atoms with van der Waals surface area (Å²) in [6.45, 7) is 1.40. The average molecular weight is 577 g/mol. The SMILES string of the molecule is O=c1c(OC2CCCC2)c(N2CCN(S(=O)(=O)CSc3ccc(O)cc3)CC2)cnn1-c1cccc(Cl)c1. The Morgan fingerprint density at radius 2 is 1.76 bits per heavy atom. The van der Waals surface area contributed by atoms with Crippen molar-refractivity contribution in [2.24, 2.45) is 0 Å². The Hall–Kier alpha value is -2.73. The van der Waals surface area contributed by atoms with E-state index < -0.39 is 10.0 Å². The van der Waals surface area contributed by atoms with Gasteiger partial charge in [-0.25, -0.2) is 8.42 Å². The third-order valence-electron chi connectivity index (χ3n) is 6.74. The third kappa shape index (κ3) is 6.12. The van der Waals surface area contributed by atoms with E-state index in [1.54, 1.807) is 42.6 Å². The van der Waals surface area contributed by atoms with E-state index in [4.69, 9.17) is 16.3 Å². The maximum absolute atomic E-state index is 13.6. The third-order valence-corrected chi connectivity index (χ3v) is 10.4. The number of phenolic OH excluding ortho intramolecular Hbond substituents is 1. The Balaban J connectivity index is 1.33. The smallest absolute Gasteiger partial charge is 0.316 e. The fourth-order valence-corrected chi connectivity index (χ4v) is 7.67. The summed E-state index contributed by atoms with van der Waals surface area (Å²) in [5.41, 5.74) is 0.764. The topological polar surface area (TPSA) is 105 Å². The highest BCUT2D eigenvalue weighted by Gasteiger charge is 2.30. The first kappa shape index (κ1) is 26.9. The number of benzene rings is 2. The van der Waals surface area contributed by atoms with Crippen LogP contribution in [0.1, 0.15) is 25.7 Å². The van der Waals surface area contributed by atoms with Gasteiger partial charge in [-0.15, -0.1) is 11.8 Å². The highest BCUT2D eigenvalue weighted by Crippen LogP contribution is 2.31. The minimum Gasteiger partial charge on any atom is -0.508 e. The van der Waals surface area contributed by atoms with Gasteiger partial charge >= 0.3 is 5.56 Å². The summed E-state index contributed by atoms with van der Waals surface area (Å²) in [6.07, 6.45) is 5.50. The van der Waals surface area contributed by atoms with Gasteiger partial charge in [0.05, 0.1) is 18.0 Å². The van der Waals surface area contributed by atoms with E-state index in [2.05, 4.69) is 5.10 Å². The van der Waals surface area contributed by atoms with Crippen LogP contribution in [0.4, 0.5) is 5.69 Å². The molecule has 202 valence electrons. The molecule has 0 atom stereocenters. The molecule has 9 nitrogen and oxygen atoms in total. The van der Waals surface area contributed by atoms with Gasteiger partial charge < -0.3 is 14.7 Å². The van der Waals surface area contributed by atoms with Crippen molar-refractivity contribution in [3.05, 3.63) is 70.1 Å². The number of phenols is 1. The number of sulfonamides is 1. The molecule has 5 rings (SSSR count). The number of halogens is 1. The van der Waals surface area contributed by atoms with Crippen LogP contribution in [0.2, 0.25) is 5.02 Å². The fourth-order valence-electron chi connectivity index (χ4n) is 4.70. The van der Waals surface area contributed by atoms with Gasteiger partial charge in [0.15, 0.2) is 0 Å². The van der Waals surface area contributed by atoms with E-state index in [-0.39, 0.29) is 28.2 Å². The van der Waals surface area contributed by atoms with Crippen molar-refractivity contribution in [2.75, 3.05) is 36.2 Å². The van der Waals surface area contributed by atoms with E-state index in [0.717, 1.165) is 30.6 Å². The number of piperazine rings is 1. The summed E-state index contributed by atoms with van der Waals surface area (Å²) in [5.74, 6) is 0.380. The van der Waals surface area contributed by atoms with Crippen molar-refractivity contribution in [1.82, 2.24) is 14.1 Å². The number of hydrogen-bond donors (Lipinski definition) is 1. The zero-order valence-electron chi connectivity index (χ0n) is 20.7. The molecule has 0 radical (unpaired) electrons. The van der Waals surface area contributed by atoms with Crippen LogP contribution in [0.3, 0.4) is 0 Å². The molecule has 2 fully saturated rings. The van der Waals surface area contributed by atoms with E-state index in [1.165, 1.54) is 32.9 Å². The molecular formula is C26H29ClN4O5S2. The van der Waals surface area contributed by atoms with Gasteiger partial charge in [0.2, 0.25) is 15.8 Å². The molecule has 0 bridgehead atoms. The van der Waals surface area contributed by atoms with E-state index in [1.807, 2.05) is 4.90 Å². The Morgan fingerprint density at radius 3 is 2.45 bits per heavy atom. The average Bonchev–Trinajstić information content (AvgIpc) is 3.43. The van der Waals surface area contributed by atoms with Crippen LogP contribution in [-0.4, -0.2) is 65.0 Å². The van der Waals surface area contributed by atoms with Crippen molar-refractivity contribution >= 4 is 39.1 Å². The van der Waals surface area contributed by atoms with E-state index in [9.17, 15) is 18.3 Å². The maximum atomic E-state index is 13.6. The largest absolute Gasteiger partial charge is 0.508 e. The molecule has 1 aliphatic carbocycles. The lowest BCUT2D eigenvalue weighted by Crippen LogP contribution is -2.49. The number of nitrogens with zero attached hydrogens (tertiary/aromatic N) is 4. The van der Waals surface area contributed by atoms with Gasteiger partial charge in [0.1, 0.15) is 16.5 Å². The number of thioether (sulfide) groups is 1. The van der Waals surface area contributed by atoms with Gasteiger partial charge in [0, 0.05) is 36.1 Å². The van der Waals surface area contributed by atoms with Crippen LogP contribution in [-0.2, 0) is 10.0 Å². The van der Waals surface area contributed by atoms with Crippen molar-refractivity contribution < 1.29 is 18.3 Å². The first-order valence-corrected chi connectivity index (χ1v) is 15.5. The minimum absolute atomic E-state index is 0.0322. The van der Waals surface area contributed by atoms with Crippen LogP contribution in [0.5, 0.6) is 11.5 Å². The molecule has 1 saturated carbocycles. The molecular weight excluding hydrogens is 548 g/mol. The summed E-state index contributed by atoms with van der Waals surface area (Å²) in [7, 11) is -3.50. The summed E-state index contributed by atoms with van der Waals surface area (Å²) in [6, 6.07) is 13.4. The predicted molar refractivity (Wildman–Crippen MR) is 149 cm³/mol. The number of hydrogen-bond acceptors (Lipinski definition) is 8. The van der Waals surface area contributed by atoms with Gasteiger partial charge in [-0.2, -0.15) is 14.1 Å². The second-order valence-electron chi connectivity index (χ2n) is 9.33. The minimum atomic E-state index is -3.50. The highest BCUT2D eigenvalue weighted by molar-refractivity contribution is 8.11. The van der Waals surface area contributed by atoms with E-state index in [0.29, 0.717) is 42.6 Å². The number of ether oxygens (including phenoxy) is 1. The molecule has 1 saturated heterocycles. The lowest BCUT2D eigenvalue weighted by molar-refractivity contribution is 0.205. The molecule has 2 aromatic carbocycles. The monoisotopic (exact) mass is 576 g/mol. The zero-order chi connectivity index (χ0) is 26.7. The number of anilines is 1. The Kier molecular flexibility index (Phi) is 8.18. The molecule has 12 heteroatoms. The second kappa shape index (κ2) is 11.6. The molecule has 38 heavy (non-hydrogen) atoms. The first-order valence-electron chi connectivity index (χ1n) is 12.5. The van der Waals surface area contributed by atoms with Crippen LogP contribution < -0.4 is 15.2 Å². The van der Waals surface area contributed by atoms with Gasteiger partial charge in [-0.3, -0.25) is 4.79 Å². The fraction of sp³-hybridized carbons (Fsp3) is 0.385. The molecule has 1 N–H and O–H groups in total. The summed E-state index contributed by atoms with van der Waals surface area (Å²) in [5, 5.41) is 14.2. The van der Waals surface area contributed by atoms with Gasteiger partial charge in [-0.1, -0.05) is 17.7 Å². The molecule has 2 heterocycles.